The zero-order valence-electron chi connectivity index (χ0n) is 19.6. The molecule has 12 heteroatoms. The van der Waals surface area contributed by atoms with Crippen molar-refractivity contribution in [3.05, 3.63) is 72.7 Å². The molecule has 0 bridgehead atoms. The van der Waals surface area contributed by atoms with Crippen LogP contribution in [0.15, 0.2) is 66.2 Å². The van der Waals surface area contributed by atoms with Crippen molar-refractivity contribution in [3.63, 3.8) is 0 Å². The molecule has 0 spiro atoms. The second-order valence-corrected chi connectivity index (χ2v) is 9.44. The number of alkyl halides is 3. The normalized spacial score (nSPS) is 12.4. The van der Waals surface area contributed by atoms with Crippen molar-refractivity contribution in [3.8, 4) is 11.3 Å². The molecule has 0 radical (unpaired) electrons. The summed E-state index contributed by atoms with van der Waals surface area (Å²) in [6, 6.07) is 10.2. The van der Waals surface area contributed by atoms with Crippen molar-refractivity contribution in [2.45, 2.75) is 24.9 Å². The molecule has 3 N–H and O–H groups in total. The first-order valence-corrected chi connectivity index (χ1v) is 12.1. The standard InChI is InChI=1S/C24H23F3N8S/c1-4-36(28-3)21-8-6-5-7-18(21)34-20-10-22(31-13-17(20)24(25,26)27)35-23-9-19(32-15(2)33-23)16-11-29-14-30-12-16/h4-14,28H,1-3H3,(H2,31,32,33,34,35). The van der Waals surface area contributed by atoms with Crippen LogP contribution >= 0.6 is 10.7 Å². The number of aryl methyl sites for hydroxylation is 1. The number of anilines is 4. The zero-order valence-corrected chi connectivity index (χ0v) is 20.4. The Morgan fingerprint density at radius 1 is 0.917 bits per heavy atom. The van der Waals surface area contributed by atoms with Crippen LogP contribution in [-0.2, 0) is 6.18 Å². The number of hydrogen-bond acceptors (Lipinski definition) is 8. The number of halogens is 3. The van der Waals surface area contributed by atoms with E-state index < -0.39 is 22.4 Å². The minimum Gasteiger partial charge on any atom is -0.354 e. The fourth-order valence-corrected chi connectivity index (χ4v) is 4.75. The second kappa shape index (κ2) is 10.8. The highest BCUT2D eigenvalue weighted by Gasteiger charge is 2.34. The highest BCUT2D eigenvalue weighted by Crippen LogP contribution is 2.39. The molecule has 3 aromatic heterocycles. The highest BCUT2D eigenvalue weighted by molar-refractivity contribution is 8.13. The maximum Gasteiger partial charge on any atom is 0.419 e. The molecule has 1 atom stereocenters. The molecule has 0 saturated heterocycles. The largest absolute Gasteiger partial charge is 0.419 e. The summed E-state index contributed by atoms with van der Waals surface area (Å²) in [5.41, 5.74) is 0.789. The van der Waals surface area contributed by atoms with Gasteiger partial charge in [0.2, 0.25) is 0 Å². The first-order chi connectivity index (χ1) is 17.3. The monoisotopic (exact) mass is 512 g/mol. The Labute approximate surface area is 208 Å². The van der Waals surface area contributed by atoms with Crippen LogP contribution in [0.25, 0.3) is 11.3 Å². The lowest BCUT2D eigenvalue weighted by molar-refractivity contribution is -0.137. The van der Waals surface area contributed by atoms with Crippen LogP contribution in [0.5, 0.6) is 0 Å². The molecule has 1 aromatic carbocycles. The molecule has 0 fully saturated rings. The molecule has 8 nitrogen and oxygen atoms in total. The number of para-hydroxylation sites is 1. The van der Waals surface area contributed by atoms with Gasteiger partial charge in [0, 0.05) is 41.2 Å². The van der Waals surface area contributed by atoms with Crippen molar-refractivity contribution in [2.75, 3.05) is 17.7 Å². The Morgan fingerprint density at radius 3 is 2.36 bits per heavy atom. The van der Waals surface area contributed by atoms with Gasteiger partial charge in [0.1, 0.15) is 23.8 Å². The van der Waals surface area contributed by atoms with Gasteiger partial charge in [-0.15, -0.1) is 0 Å². The van der Waals surface area contributed by atoms with E-state index in [-0.39, 0.29) is 11.5 Å². The smallest absolute Gasteiger partial charge is 0.354 e. The van der Waals surface area contributed by atoms with Gasteiger partial charge in [-0.1, -0.05) is 22.8 Å². The lowest BCUT2D eigenvalue weighted by atomic mass is 10.2. The predicted molar refractivity (Wildman–Crippen MR) is 137 cm³/mol. The Morgan fingerprint density at radius 2 is 1.67 bits per heavy atom. The Balaban J connectivity index is 1.72. The van der Waals surface area contributed by atoms with E-state index in [1.54, 1.807) is 44.6 Å². The molecule has 0 aliphatic heterocycles. The summed E-state index contributed by atoms with van der Waals surface area (Å²) >= 11 is 0. The highest BCUT2D eigenvalue weighted by atomic mass is 32.2. The van der Waals surface area contributed by atoms with Crippen LogP contribution in [-0.4, -0.2) is 37.3 Å². The summed E-state index contributed by atoms with van der Waals surface area (Å²) in [7, 11) is 1.35. The van der Waals surface area contributed by atoms with Gasteiger partial charge in [0.05, 0.1) is 22.6 Å². The molecule has 4 aromatic rings. The summed E-state index contributed by atoms with van der Waals surface area (Å²) in [5, 5.41) is 7.92. The fourth-order valence-electron chi connectivity index (χ4n) is 3.46. The third-order valence-corrected chi connectivity index (χ3v) is 6.75. The SMILES string of the molecule is C/C=S(/NC)c1ccccc1Nc1cc(Nc2cc(-c3cncnc3)nc(C)n2)ncc1C(F)(F)F. The molecule has 0 aliphatic rings. The van der Waals surface area contributed by atoms with Crippen LogP contribution in [0.3, 0.4) is 0 Å². The second-order valence-electron chi connectivity index (χ2n) is 7.45. The molecular weight excluding hydrogens is 489 g/mol. The Kier molecular flexibility index (Phi) is 7.55. The molecule has 36 heavy (non-hydrogen) atoms. The van der Waals surface area contributed by atoms with Crippen LogP contribution in [0.4, 0.5) is 36.2 Å². The van der Waals surface area contributed by atoms with Gasteiger partial charge in [-0.25, -0.2) is 24.9 Å². The Hall–Kier alpha value is -3.90. The first kappa shape index (κ1) is 25.2. The van der Waals surface area contributed by atoms with Gasteiger partial charge < -0.3 is 10.6 Å². The minimum atomic E-state index is -4.60. The maximum absolute atomic E-state index is 13.8. The molecule has 0 amide bonds. The minimum absolute atomic E-state index is 0.134. The van der Waals surface area contributed by atoms with Crippen LogP contribution in [0, 0.1) is 6.92 Å². The quantitative estimate of drug-likeness (QED) is 0.270. The van der Waals surface area contributed by atoms with Crippen LogP contribution < -0.4 is 15.4 Å². The summed E-state index contributed by atoms with van der Waals surface area (Å²) in [6.07, 6.45) is 0.836. The van der Waals surface area contributed by atoms with Gasteiger partial charge in [-0.3, -0.25) is 4.72 Å². The molecule has 186 valence electrons. The van der Waals surface area contributed by atoms with Gasteiger partial charge in [-0.2, -0.15) is 13.2 Å². The molecular formula is C24H23F3N8S. The number of rotatable bonds is 7. The van der Waals surface area contributed by atoms with Crippen molar-refractivity contribution in [2.24, 2.45) is 0 Å². The van der Waals surface area contributed by atoms with E-state index in [1.165, 1.54) is 12.4 Å². The molecule has 0 aliphatic carbocycles. The zero-order chi connectivity index (χ0) is 25.7. The number of hydrogen-bond donors (Lipinski definition) is 3. The predicted octanol–water partition coefficient (Wildman–Crippen LogP) is 5.73. The van der Waals surface area contributed by atoms with E-state index >= 15 is 0 Å². The van der Waals surface area contributed by atoms with Gasteiger partial charge in [0.15, 0.2) is 0 Å². The number of nitrogens with zero attached hydrogens (tertiary/aromatic N) is 5. The topological polar surface area (TPSA) is 101 Å². The lowest BCUT2D eigenvalue weighted by Crippen LogP contribution is -2.11. The molecule has 4 rings (SSSR count). The van der Waals surface area contributed by atoms with E-state index in [2.05, 4.69) is 40.3 Å². The summed E-state index contributed by atoms with van der Waals surface area (Å²) in [4.78, 5) is 21.5. The number of nitrogens with one attached hydrogen (secondary N) is 3. The van der Waals surface area contributed by atoms with Gasteiger partial charge in [-0.05, 0) is 38.4 Å². The number of pyridine rings is 1. The summed E-state index contributed by atoms with van der Waals surface area (Å²) in [5.74, 6) is 1.02. The summed E-state index contributed by atoms with van der Waals surface area (Å²) < 4.78 is 44.7. The molecule has 3 heterocycles. The third kappa shape index (κ3) is 5.83. The van der Waals surface area contributed by atoms with Crippen LogP contribution in [0.1, 0.15) is 18.3 Å². The number of benzene rings is 1. The van der Waals surface area contributed by atoms with Crippen LogP contribution in [0.2, 0.25) is 0 Å². The van der Waals surface area contributed by atoms with Crippen molar-refractivity contribution < 1.29 is 13.2 Å². The third-order valence-electron chi connectivity index (χ3n) is 5.01. The van der Waals surface area contributed by atoms with Gasteiger partial charge in [0.25, 0.3) is 0 Å². The average Bonchev–Trinajstić information content (AvgIpc) is 2.85. The first-order valence-electron chi connectivity index (χ1n) is 10.8. The molecule has 0 saturated carbocycles. The van der Waals surface area contributed by atoms with Crippen molar-refractivity contribution in [1.82, 2.24) is 29.6 Å². The lowest BCUT2D eigenvalue weighted by Gasteiger charge is -2.19. The van der Waals surface area contributed by atoms with E-state index in [1.807, 2.05) is 24.4 Å². The maximum atomic E-state index is 13.8. The number of aromatic nitrogens is 5. The van der Waals surface area contributed by atoms with E-state index in [4.69, 9.17) is 0 Å². The van der Waals surface area contributed by atoms with Crippen molar-refractivity contribution in [1.29, 1.82) is 0 Å². The van der Waals surface area contributed by atoms with E-state index in [9.17, 15) is 13.2 Å². The average molecular weight is 513 g/mol. The fraction of sp³-hybridized carbons (Fsp3) is 0.167. The summed E-state index contributed by atoms with van der Waals surface area (Å²) in [6.45, 7) is 3.61. The Bertz CT molecular complexity index is 1390. The van der Waals surface area contributed by atoms with Gasteiger partial charge >= 0.3 is 6.18 Å². The van der Waals surface area contributed by atoms with Crippen molar-refractivity contribution >= 4 is 39.0 Å². The molecule has 1 unspecified atom stereocenters. The van der Waals surface area contributed by atoms with E-state index in [0.717, 1.165) is 11.1 Å². The van der Waals surface area contributed by atoms with E-state index in [0.29, 0.717) is 28.6 Å².